The monoisotopic (exact) mass is 479 g/mol. The Kier molecular flexibility index (Phi) is 8.84. The second-order valence-electron chi connectivity index (χ2n) is 6.63. The third-order valence-electron chi connectivity index (χ3n) is 4.67. The fourth-order valence-corrected chi connectivity index (χ4v) is 3.16. The molecule has 6 heteroatoms. The van der Waals surface area contributed by atoms with Crippen LogP contribution in [-0.2, 0) is 6.42 Å². The van der Waals surface area contributed by atoms with Crippen LogP contribution in [0.25, 0.3) is 0 Å². The fourth-order valence-electron chi connectivity index (χ4n) is 3.16. The Bertz CT molecular complexity index is 694. The smallest absolute Gasteiger partial charge is 0.194 e. The lowest BCUT2D eigenvalue weighted by Gasteiger charge is -2.37. The fraction of sp³-hybridized carbons (Fsp3) is 0.429. The SMILES string of the molecule is CCNC(=NCCc1ccc(C)cc1)N1CCN(c2ccccn2)CC1.I. The number of guanidine groups is 1. The zero-order valence-electron chi connectivity index (χ0n) is 16.3. The van der Waals surface area contributed by atoms with Crippen LogP contribution in [0.2, 0.25) is 0 Å². The summed E-state index contributed by atoms with van der Waals surface area (Å²) >= 11 is 0. The molecule has 0 radical (unpaired) electrons. The molecule has 0 amide bonds. The van der Waals surface area contributed by atoms with E-state index in [9.17, 15) is 0 Å². The van der Waals surface area contributed by atoms with Crippen molar-refractivity contribution in [3.05, 3.63) is 59.8 Å². The van der Waals surface area contributed by atoms with E-state index in [1.165, 1.54) is 11.1 Å². The quantitative estimate of drug-likeness (QED) is 0.406. The summed E-state index contributed by atoms with van der Waals surface area (Å²) in [5.74, 6) is 2.09. The minimum absolute atomic E-state index is 0. The molecule has 1 N–H and O–H groups in total. The van der Waals surface area contributed by atoms with Crippen LogP contribution in [-0.4, -0.2) is 55.1 Å². The van der Waals surface area contributed by atoms with Crippen LogP contribution in [0.3, 0.4) is 0 Å². The number of aromatic nitrogens is 1. The standard InChI is InChI=1S/C21H29N5.HI/c1-3-22-21(24-13-11-19-9-7-18(2)8-10-19)26-16-14-25(15-17-26)20-6-4-5-12-23-20;/h4-10,12H,3,11,13-17H2,1-2H3,(H,22,24);1H. The minimum atomic E-state index is 0. The van der Waals surface area contributed by atoms with Crippen molar-refractivity contribution in [2.45, 2.75) is 20.3 Å². The largest absolute Gasteiger partial charge is 0.357 e. The topological polar surface area (TPSA) is 43.8 Å². The van der Waals surface area contributed by atoms with Crippen molar-refractivity contribution in [2.75, 3.05) is 44.2 Å². The lowest BCUT2D eigenvalue weighted by atomic mass is 10.1. The minimum Gasteiger partial charge on any atom is -0.357 e. The van der Waals surface area contributed by atoms with Crippen LogP contribution >= 0.6 is 24.0 Å². The normalized spacial score (nSPS) is 14.7. The number of benzene rings is 1. The maximum atomic E-state index is 4.85. The molecule has 5 nitrogen and oxygen atoms in total. The first-order chi connectivity index (χ1) is 12.8. The molecule has 0 unspecified atom stereocenters. The second-order valence-corrected chi connectivity index (χ2v) is 6.63. The van der Waals surface area contributed by atoms with E-state index in [1.54, 1.807) is 0 Å². The number of aryl methyl sites for hydroxylation is 1. The number of nitrogens with one attached hydrogen (secondary N) is 1. The number of nitrogens with zero attached hydrogens (tertiary/aromatic N) is 4. The molecule has 0 saturated carbocycles. The Morgan fingerprint density at radius 3 is 2.44 bits per heavy atom. The summed E-state index contributed by atoms with van der Waals surface area (Å²) in [6, 6.07) is 14.8. The van der Waals surface area contributed by atoms with E-state index in [2.05, 4.69) is 64.3 Å². The summed E-state index contributed by atoms with van der Waals surface area (Å²) in [5, 5.41) is 3.44. The summed E-state index contributed by atoms with van der Waals surface area (Å²) < 4.78 is 0. The van der Waals surface area contributed by atoms with Crippen LogP contribution in [0.1, 0.15) is 18.1 Å². The Morgan fingerprint density at radius 2 is 1.81 bits per heavy atom. The van der Waals surface area contributed by atoms with Crippen LogP contribution in [0.15, 0.2) is 53.7 Å². The molecule has 2 aromatic rings. The van der Waals surface area contributed by atoms with Gasteiger partial charge in [-0.1, -0.05) is 35.9 Å². The first-order valence-corrected chi connectivity index (χ1v) is 9.51. The Balaban J connectivity index is 0.00000261. The number of halogens is 1. The average molecular weight is 479 g/mol. The van der Waals surface area contributed by atoms with Gasteiger partial charge in [0, 0.05) is 45.5 Å². The van der Waals surface area contributed by atoms with E-state index in [0.29, 0.717) is 0 Å². The molecule has 1 aromatic carbocycles. The molecule has 0 spiro atoms. The van der Waals surface area contributed by atoms with Crippen LogP contribution in [0, 0.1) is 6.92 Å². The highest BCUT2D eigenvalue weighted by Crippen LogP contribution is 2.12. The molecule has 0 bridgehead atoms. The van der Waals surface area contributed by atoms with Gasteiger partial charge in [-0.15, -0.1) is 24.0 Å². The van der Waals surface area contributed by atoms with Crippen molar-refractivity contribution >= 4 is 35.8 Å². The average Bonchev–Trinajstić information content (AvgIpc) is 2.70. The first-order valence-electron chi connectivity index (χ1n) is 9.51. The van der Waals surface area contributed by atoms with Gasteiger partial charge in [0.15, 0.2) is 5.96 Å². The van der Waals surface area contributed by atoms with Gasteiger partial charge in [-0.05, 0) is 38.0 Å². The second kappa shape index (κ2) is 11.1. The Hall–Kier alpha value is -1.83. The van der Waals surface area contributed by atoms with Crippen molar-refractivity contribution in [2.24, 2.45) is 4.99 Å². The van der Waals surface area contributed by atoms with E-state index in [0.717, 1.165) is 57.5 Å². The molecule has 1 saturated heterocycles. The predicted octanol–water partition coefficient (Wildman–Crippen LogP) is 3.34. The van der Waals surface area contributed by atoms with Gasteiger partial charge < -0.3 is 15.1 Å². The number of anilines is 1. The summed E-state index contributed by atoms with van der Waals surface area (Å²) in [5.41, 5.74) is 2.64. The van der Waals surface area contributed by atoms with Gasteiger partial charge in [0.1, 0.15) is 5.82 Å². The van der Waals surface area contributed by atoms with E-state index in [4.69, 9.17) is 4.99 Å². The highest BCUT2D eigenvalue weighted by Gasteiger charge is 2.20. The molecule has 1 fully saturated rings. The highest BCUT2D eigenvalue weighted by atomic mass is 127. The molecular formula is C21H30IN5. The molecule has 1 aliphatic rings. The summed E-state index contributed by atoms with van der Waals surface area (Å²) in [4.78, 5) is 14.0. The van der Waals surface area contributed by atoms with Gasteiger partial charge in [-0.2, -0.15) is 0 Å². The van der Waals surface area contributed by atoms with Gasteiger partial charge in [0.25, 0.3) is 0 Å². The zero-order chi connectivity index (χ0) is 18.2. The highest BCUT2D eigenvalue weighted by molar-refractivity contribution is 14.0. The molecule has 27 heavy (non-hydrogen) atoms. The van der Waals surface area contributed by atoms with Crippen LogP contribution in [0.4, 0.5) is 5.82 Å². The van der Waals surface area contributed by atoms with Crippen LogP contribution in [0.5, 0.6) is 0 Å². The number of hydrogen-bond acceptors (Lipinski definition) is 3. The lowest BCUT2D eigenvalue weighted by Crippen LogP contribution is -2.52. The van der Waals surface area contributed by atoms with Crippen molar-refractivity contribution in [1.29, 1.82) is 0 Å². The molecule has 0 aliphatic carbocycles. The van der Waals surface area contributed by atoms with Crippen molar-refractivity contribution < 1.29 is 0 Å². The number of rotatable bonds is 5. The Morgan fingerprint density at radius 1 is 1.07 bits per heavy atom. The van der Waals surface area contributed by atoms with Gasteiger partial charge >= 0.3 is 0 Å². The first kappa shape index (κ1) is 21.5. The van der Waals surface area contributed by atoms with Gasteiger partial charge in [-0.25, -0.2) is 4.98 Å². The van der Waals surface area contributed by atoms with E-state index in [-0.39, 0.29) is 24.0 Å². The maximum Gasteiger partial charge on any atom is 0.194 e. The number of hydrogen-bond donors (Lipinski definition) is 1. The summed E-state index contributed by atoms with van der Waals surface area (Å²) in [6.07, 6.45) is 2.83. The lowest BCUT2D eigenvalue weighted by molar-refractivity contribution is 0.371. The third kappa shape index (κ3) is 6.37. The maximum absolute atomic E-state index is 4.85. The van der Waals surface area contributed by atoms with Gasteiger partial charge in [0.05, 0.1) is 0 Å². The summed E-state index contributed by atoms with van der Waals surface area (Å²) in [6.45, 7) is 9.82. The number of pyridine rings is 1. The molecule has 1 aliphatic heterocycles. The molecule has 1 aromatic heterocycles. The van der Waals surface area contributed by atoms with Crippen molar-refractivity contribution in [3.8, 4) is 0 Å². The molecule has 3 rings (SSSR count). The van der Waals surface area contributed by atoms with E-state index >= 15 is 0 Å². The van der Waals surface area contributed by atoms with E-state index < -0.39 is 0 Å². The predicted molar refractivity (Wildman–Crippen MR) is 124 cm³/mol. The number of piperazine rings is 1. The van der Waals surface area contributed by atoms with Crippen molar-refractivity contribution in [1.82, 2.24) is 15.2 Å². The third-order valence-corrected chi connectivity index (χ3v) is 4.67. The number of aliphatic imine (C=N–C) groups is 1. The molecule has 0 atom stereocenters. The van der Waals surface area contributed by atoms with E-state index in [1.807, 2.05) is 18.3 Å². The Labute approximate surface area is 179 Å². The van der Waals surface area contributed by atoms with Gasteiger partial charge in [0.2, 0.25) is 0 Å². The molecule has 2 heterocycles. The molecule has 146 valence electrons. The van der Waals surface area contributed by atoms with Crippen LogP contribution < -0.4 is 10.2 Å². The zero-order valence-corrected chi connectivity index (χ0v) is 18.6. The summed E-state index contributed by atoms with van der Waals surface area (Å²) in [7, 11) is 0. The molecular weight excluding hydrogens is 449 g/mol. The van der Waals surface area contributed by atoms with Crippen molar-refractivity contribution in [3.63, 3.8) is 0 Å². The van der Waals surface area contributed by atoms with Gasteiger partial charge in [-0.3, -0.25) is 4.99 Å².